The number of primary amides is 1. The number of rotatable bonds is 10. The molecule has 0 aliphatic rings. The highest BCUT2D eigenvalue weighted by Gasteiger charge is 2.37. The fourth-order valence-corrected chi connectivity index (χ4v) is 3.65. The monoisotopic (exact) mass is 504 g/mol. The average molecular weight is 505 g/mol. The van der Waals surface area contributed by atoms with Gasteiger partial charge in [-0.2, -0.15) is 0 Å². The number of carbonyl (C=O) groups is 4. The number of nitrogens with one attached hydrogen (secondary N) is 2. The Morgan fingerprint density at radius 3 is 2.11 bits per heavy atom. The maximum atomic E-state index is 13.9. The third kappa shape index (κ3) is 10.3. The average Bonchev–Trinajstić information content (AvgIpc) is 2.70. The van der Waals surface area contributed by atoms with Gasteiger partial charge in [0.25, 0.3) is 0 Å². The third-order valence-corrected chi connectivity index (χ3v) is 5.32. The molecule has 0 aliphatic heterocycles. The van der Waals surface area contributed by atoms with E-state index < -0.39 is 41.1 Å². The molecule has 1 aromatic rings. The lowest BCUT2D eigenvalue weighted by Gasteiger charge is -2.36. The number of benzene rings is 1. The van der Waals surface area contributed by atoms with Gasteiger partial charge < -0.3 is 26.0 Å². The van der Waals surface area contributed by atoms with Crippen LogP contribution >= 0.6 is 0 Å². The van der Waals surface area contributed by atoms with Crippen LogP contribution < -0.4 is 16.4 Å². The quantitative estimate of drug-likeness (QED) is 0.448. The number of nitrogens with two attached hydrogens (primary N) is 1. The molecule has 202 valence electrons. The van der Waals surface area contributed by atoms with Crippen molar-refractivity contribution in [2.75, 3.05) is 6.54 Å². The van der Waals surface area contributed by atoms with Gasteiger partial charge in [-0.15, -0.1) is 0 Å². The third-order valence-electron chi connectivity index (χ3n) is 5.32. The Labute approximate surface area is 215 Å². The summed E-state index contributed by atoms with van der Waals surface area (Å²) in [4.78, 5) is 53.0. The molecule has 0 radical (unpaired) electrons. The minimum Gasteiger partial charge on any atom is -0.444 e. The number of carbonyl (C=O) groups excluding carboxylic acids is 4. The lowest BCUT2D eigenvalue weighted by molar-refractivity contribution is -0.143. The van der Waals surface area contributed by atoms with Gasteiger partial charge in [-0.1, -0.05) is 25.1 Å². The SMILES string of the molecule is CCCN(C(=O)C(CCC(N)=O)NC(=O)OC(C)(C)C)C(C(=O)NC(C)(C)C)c1ccc(C)c(C)c1. The van der Waals surface area contributed by atoms with Gasteiger partial charge in [-0.05, 0) is 84.9 Å². The number of alkyl carbamates (subject to hydrolysis) is 1. The lowest BCUT2D eigenvalue weighted by Crippen LogP contribution is -2.55. The van der Waals surface area contributed by atoms with Crippen LogP contribution in [0.3, 0.4) is 0 Å². The molecule has 4 N–H and O–H groups in total. The summed E-state index contributed by atoms with van der Waals surface area (Å²) in [5, 5.41) is 5.58. The standard InChI is InChI=1S/C27H44N4O5/c1-10-15-31(24(34)20(13-14-21(28)32)29-25(35)36-27(7,8)9)22(23(33)30-26(4,5)6)19-12-11-17(2)18(3)16-19/h11-12,16,20,22H,10,13-15H2,1-9H3,(H2,28,32)(H,29,35)(H,30,33). The Morgan fingerprint density at radius 1 is 1.03 bits per heavy atom. The van der Waals surface area contributed by atoms with E-state index in [9.17, 15) is 19.2 Å². The summed E-state index contributed by atoms with van der Waals surface area (Å²) in [5.41, 5.74) is 6.74. The van der Waals surface area contributed by atoms with Gasteiger partial charge in [0.1, 0.15) is 17.7 Å². The van der Waals surface area contributed by atoms with E-state index in [0.29, 0.717) is 12.0 Å². The van der Waals surface area contributed by atoms with Crippen LogP contribution in [0.1, 0.15) is 90.5 Å². The van der Waals surface area contributed by atoms with E-state index in [-0.39, 0.29) is 25.3 Å². The molecule has 0 fully saturated rings. The van der Waals surface area contributed by atoms with E-state index in [1.165, 1.54) is 4.90 Å². The zero-order valence-corrected chi connectivity index (χ0v) is 23.3. The second-order valence-corrected chi connectivity index (χ2v) is 11.2. The van der Waals surface area contributed by atoms with Crippen LogP contribution in [-0.2, 0) is 19.1 Å². The molecule has 0 aromatic heterocycles. The van der Waals surface area contributed by atoms with E-state index in [2.05, 4.69) is 10.6 Å². The maximum Gasteiger partial charge on any atom is 0.408 e. The van der Waals surface area contributed by atoms with Crippen LogP contribution in [0.5, 0.6) is 0 Å². The fourth-order valence-electron chi connectivity index (χ4n) is 3.65. The van der Waals surface area contributed by atoms with Crippen molar-refractivity contribution in [2.45, 2.75) is 105 Å². The Balaban J connectivity index is 3.52. The molecule has 0 saturated carbocycles. The molecular weight excluding hydrogens is 460 g/mol. The summed E-state index contributed by atoms with van der Waals surface area (Å²) in [5.74, 6) is -1.42. The van der Waals surface area contributed by atoms with E-state index in [4.69, 9.17) is 10.5 Å². The summed E-state index contributed by atoms with van der Waals surface area (Å²) in [6, 6.07) is 3.62. The van der Waals surface area contributed by atoms with Gasteiger partial charge in [0.05, 0.1) is 0 Å². The van der Waals surface area contributed by atoms with Crippen LogP contribution in [0, 0.1) is 13.8 Å². The van der Waals surface area contributed by atoms with Crippen molar-refractivity contribution < 1.29 is 23.9 Å². The summed E-state index contributed by atoms with van der Waals surface area (Å²) < 4.78 is 5.34. The molecule has 0 spiro atoms. The number of nitrogens with zero attached hydrogens (tertiary/aromatic N) is 1. The molecule has 4 amide bonds. The number of amides is 4. The first kappa shape index (κ1) is 30.9. The van der Waals surface area contributed by atoms with Gasteiger partial charge in [-0.25, -0.2) is 4.79 Å². The number of aryl methyl sites for hydroxylation is 2. The first-order chi connectivity index (χ1) is 16.4. The second kappa shape index (κ2) is 12.7. The lowest BCUT2D eigenvalue weighted by atomic mass is 9.96. The van der Waals surface area contributed by atoms with Gasteiger partial charge in [0.15, 0.2) is 0 Å². The summed E-state index contributed by atoms with van der Waals surface area (Å²) >= 11 is 0. The molecule has 0 aliphatic carbocycles. The van der Waals surface area contributed by atoms with Crippen molar-refractivity contribution in [2.24, 2.45) is 5.73 Å². The number of ether oxygens (including phenoxy) is 1. The molecule has 0 saturated heterocycles. The Hall–Kier alpha value is -3.10. The predicted molar refractivity (Wildman–Crippen MR) is 140 cm³/mol. The van der Waals surface area contributed by atoms with Gasteiger partial charge in [-0.3, -0.25) is 14.4 Å². The zero-order valence-electron chi connectivity index (χ0n) is 23.3. The molecule has 9 heteroatoms. The molecule has 2 unspecified atom stereocenters. The van der Waals surface area contributed by atoms with Crippen LogP contribution in [0.4, 0.5) is 4.79 Å². The highest BCUT2D eigenvalue weighted by molar-refractivity contribution is 5.92. The first-order valence-corrected chi connectivity index (χ1v) is 12.4. The topological polar surface area (TPSA) is 131 Å². The normalized spacial score (nSPS) is 13.4. The van der Waals surface area contributed by atoms with Crippen molar-refractivity contribution in [3.05, 3.63) is 34.9 Å². The zero-order chi connectivity index (χ0) is 27.8. The highest BCUT2D eigenvalue weighted by atomic mass is 16.6. The van der Waals surface area contributed by atoms with Crippen LogP contribution in [-0.4, -0.2) is 52.4 Å². The minimum atomic E-state index is -1.10. The van der Waals surface area contributed by atoms with Crippen molar-refractivity contribution in [1.29, 1.82) is 0 Å². The largest absolute Gasteiger partial charge is 0.444 e. The molecule has 0 bridgehead atoms. The van der Waals surface area contributed by atoms with Crippen LogP contribution in [0.2, 0.25) is 0 Å². The molecule has 9 nitrogen and oxygen atoms in total. The van der Waals surface area contributed by atoms with E-state index in [1.807, 2.05) is 59.7 Å². The predicted octanol–water partition coefficient (Wildman–Crippen LogP) is 3.66. The maximum absolute atomic E-state index is 13.9. The fraction of sp³-hybridized carbons (Fsp3) is 0.630. The summed E-state index contributed by atoms with van der Waals surface area (Å²) in [6.07, 6.45) is -0.350. The van der Waals surface area contributed by atoms with Crippen LogP contribution in [0.15, 0.2) is 18.2 Å². The number of hydrogen-bond donors (Lipinski definition) is 3. The van der Waals surface area contributed by atoms with Gasteiger partial charge in [0, 0.05) is 18.5 Å². The van der Waals surface area contributed by atoms with Gasteiger partial charge >= 0.3 is 6.09 Å². The van der Waals surface area contributed by atoms with Crippen LogP contribution in [0.25, 0.3) is 0 Å². The van der Waals surface area contributed by atoms with Crippen molar-refractivity contribution in [3.8, 4) is 0 Å². The Bertz CT molecular complexity index is 946. The molecule has 1 aromatic carbocycles. The first-order valence-electron chi connectivity index (χ1n) is 12.4. The molecule has 0 heterocycles. The van der Waals surface area contributed by atoms with E-state index in [1.54, 1.807) is 20.8 Å². The minimum absolute atomic E-state index is 0.0197. The van der Waals surface area contributed by atoms with Crippen molar-refractivity contribution in [3.63, 3.8) is 0 Å². The second-order valence-electron chi connectivity index (χ2n) is 11.2. The molecule has 2 atom stereocenters. The van der Waals surface area contributed by atoms with Gasteiger partial charge in [0.2, 0.25) is 17.7 Å². The smallest absolute Gasteiger partial charge is 0.408 e. The Kier molecular flexibility index (Phi) is 10.9. The number of hydrogen-bond acceptors (Lipinski definition) is 5. The molecule has 36 heavy (non-hydrogen) atoms. The van der Waals surface area contributed by atoms with E-state index in [0.717, 1.165) is 11.1 Å². The summed E-state index contributed by atoms with van der Waals surface area (Å²) in [6.45, 7) is 16.8. The summed E-state index contributed by atoms with van der Waals surface area (Å²) in [7, 11) is 0. The van der Waals surface area contributed by atoms with Crippen molar-refractivity contribution >= 4 is 23.8 Å². The highest BCUT2D eigenvalue weighted by Crippen LogP contribution is 2.26. The molecular formula is C27H44N4O5. The van der Waals surface area contributed by atoms with E-state index >= 15 is 0 Å². The molecule has 1 rings (SSSR count). The van der Waals surface area contributed by atoms with Crippen molar-refractivity contribution in [1.82, 2.24) is 15.5 Å². The Morgan fingerprint density at radius 2 is 1.64 bits per heavy atom.